The number of oxazole rings is 1. The second-order valence-electron chi connectivity index (χ2n) is 10.0. The molecule has 1 fully saturated rings. The maximum atomic E-state index is 12.2. The van der Waals surface area contributed by atoms with Gasteiger partial charge in [-0.25, -0.2) is 4.98 Å². The van der Waals surface area contributed by atoms with Crippen molar-refractivity contribution in [3.05, 3.63) is 89.6 Å². The number of benzene rings is 2. The summed E-state index contributed by atoms with van der Waals surface area (Å²) >= 11 is 0. The van der Waals surface area contributed by atoms with Crippen LogP contribution in [0.2, 0.25) is 0 Å². The van der Waals surface area contributed by atoms with Crippen LogP contribution < -0.4 is 4.90 Å². The first kappa shape index (κ1) is 25.6. The molecule has 5 heteroatoms. The number of likely N-dealkylation sites (N-methyl/N-ethyl adjacent to an activating group) is 1. The SMILES string of the molecule is C[NH+](CCOCCc1ccccc1)Cc1cnc(C(O)(c2ccccc2)C2CCCCCCC2)o1. The lowest BCUT2D eigenvalue weighted by Crippen LogP contribution is -3.08. The molecule has 3 aromatic rings. The van der Waals surface area contributed by atoms with E-state index in [1.54, 1.807) is 6.20 Å². The second-order valence-corrected chi connectivity index (χ2v) is 10.0. The van der Waals surface area contributed by atoms with Gasteiger partial charge in [0, 0.05) is 5.92 Å². The van der Waals surface area contributed by atoms with Crippen LogP contribution in [0.15, 0.2) is 71.3 Å². The van der Waals surface area contributed by atoms with Gasteiger partial charge in [-0.15, -0.1) is 0 Å². The molecule has 1 saturated carbocycles. The minimum absolute atomic E-state index is 0.111. The van der Waals surface area contributed by atoms with E-state index >= 15 is 0 Å². The van der Waals surface area contributed by atoms with Crippen LogP contribution in [0.4, 0.5) is 0 Å². The van der Waals surface area contributed by atoms with Crippen molar-refractivity contribution in [2.75, 3.05) is 26.8 Å². The summed E-state index contributed by atoms with van der Waals surface area (Å²) in [5.74, 6) is 1.36. The van der Waals surface area contributed by atoms with E-state index in [1.165, 1.54) is 29.7 Å². The highest BCUT2D eigenvalue weighted by Crippen LogP contribution is 2.42. The molecule has 2 atom stereocenters. The smallest absolute Gasteiger partial charge is 0.231 e. The van der Waals surface area contributed by atoms with Crippen LogP contribution in [-0.2, 0) is 23.3 Å². The van der Waals surface area contributed by atoms with Crippen LogP contribution in [-0.4, -0.2) is 36.9 Å². The molecule has 0 aliphatic heterocycles. The molecule has 188 valence electrons. The van der Waals surface area contributed by atoms with Crippen LogP contribution in [0.1, 0.15) is 67.7 Å². The molecule has 1 aliphatic rings. The fraction of sp³-hybridized carbons (Fsp3) is 0.500. The molecule has 5 nitrogen and oxygen atoms in total. The van der Waals surface area contributed by atoms with Gasteiger partial charge < -0.3 is 19.2 Å². The summed E-state index contributed by atoms with van der Waals surface area (Å²) in [5, 5.41) is 12.2. The van der Waals surface area contributed by atoms with Gasteiger partial charge in [0.2, 0.25) is 5.89 Å². The van der Waals surface area contributed by atoms with Gasteiger partial charge in [0.05, 0.1) is 26.5 Å². The van der Waals surface area contributed by atoms with Crippen molar-refractivity contribution in [3.8, 4) is 0 Å². The quantitative estimate of drug-likeness (QED) is 0.398. The van der Waals surface area contributed by atoms with Crippen molar-refractivity contribution in [1.82, 2.24) is 4.98 Å². The summed E-state index contributed by atoms with van der Waals surface area (Å²) in [7, 11) is 2.14. The molecule has 0 spiro atoms. The van der Waals surface area contributed by atoms with Crippen molar-refractivity contribution < 1.29 is 19.2 Å². The van der Waals surface area contributed by atoms with Crippen LogP contribution in [0, 0.1) is 5.92 Å². The molecule has 0 radical (unpaired) electrons. The average Bonchev–Trinajstić information content (AvgIpc) is 3.33. The maximum Gasteiger partial charge on any atom is 0.231 e. The molecule has 4 rings (SSSR count). The Morgan fingerprint density at radius 1 is 0.943 bits per heavy atom. The third kappa shape index (κ3) is 7.03. The lowest BCUT2D eigenvalue weighted by atomic mass is 9.74. The van der Waals surface area contributed by atoms with E-state index in [2.05, 4.69) is 36.3 Å². The first-order valence-corrected chi connectivity index (χ1v) is 13.3. The van der Waals surface area contributed by atoms with Gasteiger partial charge >= 0.3 is 0 Å². The fourth-order valence-electron chi connectivity index (χ4n) is 5.23. The average molecular weight is 478 g/mol. The van der Waals surface area contributed by atoms with Crippen molar-refractivity contribution in [3.63, 3.8) is 0 Å². The van der Waals surface area contributed by atoms with E-state index in [1.807, 2.05) is 36.4 Å². The predicted molar refractivity (Wildman–Crippen MR) is 138 cm³/mol. The molecule has 2 N–H and O–H groups in total. The Balaban J connectivity index is 1.36. The highest BCUT2D eigenvalue weighted by Gasteiger charge is 2.44. The zero-order chi connectivity index (χ0) is 24.3. The maximum absolute atomic E-state index is 12.2. The zero-order valence-electron chi connectivity index (χ0n) is 21.1. The van der Waals surface area contributed by atoms with Gasteiger partial charge in [0.1, 0.15) is 13.1 Å². The van der Waals surface area contributed by atoms with E-state index < -0.39 is 5.60 Å². The summed E-state index contributed by atoms with van der Waals surface area (Å²) in [6.07, 6.45) is 10.8. The zero-order valence-corrected chi connectivity index (χ0v) is 21.1. The third-order valence-corrected chi connectivity index (χ3v) is 7.32. The first-order valence-electron chi connectivity index (χ1n) is 13.3. The van der Waals surface area contributed by atoms with E-state index in [9.17, 15) is 5.11 Å². The normalized spacial score (nSPS) is 17.9. The fourth-order valence-corrected chi connectivity index (χ4v) is 5.23. The second kappa shape index (κ2) is 13.0. The van der Waals surface area contributed by atoms with Gasteiger partial charge in [0.25, 0.3) is 0 Å². The van der Waals surface area contributed by atoms with Crippen LogP contribution in [0.5, 0.6) is 0 Å². The van der Waals surface area contributed by atoms with Gasteiger partial charge in [-0.2, -0.15) is 0 Å². The summed E-state index contributed by atoms with van der Waals surface area (Å²) in [5.41, 5.74) is 0.995. The molecule has 1 heterocycles. The lowest BCUT2D eigenvalue weighted by molar-refractivity contribution is -0.895. The number of nitrogens with zero attached hydrogens (tertiary/aromatic N) is 1. The predicted octanol–water partition coefficient (Wildman–Crippen LogP) is 4.55. The number of hydrogen-bond acceptors (Lipinski definition) is 4. The summed E-state index contributed by atoms with van der Waals surface area (Å²) in [4.78, 5) is 5.92. The van der Waals surface area contributed by atoms with E-state index in [0.29, 0.717) is 19.0 Å². The highest BCUT2D eigenvalue weighted by molar-refractivity contribution is 5.30. The molecule has 0 saturated heterocycles. The Hall–Kier alpha value is -2.47. The summed E-state index contributed by atoms with van der Waals surface area (Å²) in [6, 6.07) is 20.4. The van der Waals surface area contributed by atoms with Crippen molar-refractivity contribution >= 4 is 0 Å². The number of nitrogens with one attached hydrogen (secondary N) is 1. The summed E-state index contributed by atoms with van der Waals surface area (Å²) in [6.45, 7) is 3.03. The molecule has 1 aliphatic carbocycles. The largest absolute Gasteiger partial charge is 0.436 e. The van der Waals surface area contributed by atoms with Crippen molar-refractivity contribution in [2.24, 2.45) is 5.92 Å². The van der Waals surface area contributed by atoms with Crippen LogP contribution >= 0.6 is 0 Å². The number of hydrogen-bond donors (Lipinski definition) is 2. The minimum Gasteiger partial charge on any atom is -0.436 e. The molecule has 2 unspecified atom stereocenters. The Kier molecular flexibility index (Phi) is 9.52. The Labute approximate surface area is 210 Å². The van der Waals surface area contributed by atoms with E-state index in [0.717, 1.165) is 56.6 Å². The molecular weight excluding hydrogens is 436 g/mol. The summed E-state index contributed by atoms with van der Waals surface area (Å²) < 4.78 is 12.1. The molecular formula is C30H41N2O3+. The van der Waals surface area contributed by atoms with Crippen molar-refractivity contribution in [1.29, 1.82) is 0 Å². The minimum atomic E-state index is -1.19. The van der Waals surface area contributed by atoms with Crippen LogP contribution in [0.25, 0.3) is 0 Å². The Bertz CT molecular complexity index is 983. The Morgan fingerprint density at radius 2 is 1.60 bits per heavy atom. The molecule has 0 amide bonds. The van der Waals surface area contributed by atoms with E-state index in [4.69, 9.17) is 9.15 Å². The number of aromatic nitrogens is 1. The number of rotatable bonds is 11. The highest BCUT2D eigenvalue weighted by atomic mass is 16.5. The van der Waals surface area contributed by atoms with Gasteiger partial charge in [0.15, 0.2) is 11.4 Å². The van der Waals surface area contributed by atoms with Gasteiger partial charge in [-0.3, -0.25) is 0 Å². The molecule has 1 aromatic heterocycles. The molecule has 2 aromatic carbocycles. The first-order chi connectivity index (χ1) is 17.2. The monoisotopic (exact) mass is 477 g/mol. The molecule has 35 heavy (non-hydrogen) atoms. The topological polar surface area (TPSA) is 59.9 Å². The number of aliphatic hydroxyl groups is 1. The standard InChI is InChI=1S/C30H40N2O3/c1-32(20-22-34-21-19-25-13-7-5-8-14-25)24-28-23-31-29(35-28)30(33,27-17-11-6-12-18-27)26-15-9-3-2-4-10-16-26/h5-8,11-14,17-18,23,26,33H,2-4,9-10,15-16,19-22,24H2,1H3/p+1. The third-order valence-electron chi connectivity index (χ3n) is 7.32. The lowest BCUT2D eigenvalue weighted by Gasteiger charge is -2.35. The van der Waals surface area contributed by atoms with Gasteiger partial charge in [-0.1, -0.05) is 92.8 Å². The molecule has 0 bridgehead atoms. The Morgan fingerprint density at radius 3 is 2.31 bits per heavy atom. The van der Waals surface area contributed by atoms with E-state index in [-0.39, 0.29) is 5.92 Å². The van der Waals surface area contributed by atoms with Crippen molar-refractivity contribution in [2.45, 2.75) is 63.5 Å². The number of quaternary nitrogens is 1. The number of ether oxygens (including phenoxy) is 1. The van der Waals surface area contributed by atoms with Gasteiger partial charge in [-0.05, 0) is 30.4 Å². The van der Waals surface area contributed by atoms with Crippen LogP contribution in [0.3, 0.4) is 0 Å².